The Kier molecular flexibility index (Phi) is 6.66. The number of hydrogen-bond acceptors (Lipinski definition) is 7. The number of hydrogen-bond donors (Lipinski definition) is 0. The Hall–Kier alpha value is -1.59. The molecule has 8 nitrogen and oxygen atoms in total. The number of rotatable bonds is 5. The quantitative estimate of drug-likeness (QED) is 0.484. The maximum atomic E-state index is 12.6. The van der Waals surface area contributed by atoms with Crippen LogP contribution in [0.25, 0.3) is 10.9 Å². The van der Waals surface area contributed by atoms with E-state index in [0.717, 1.165) is 4.85 Å². The molecule has 0 saturated heterocycles. The van der Waals surface area contributed by atoms with Crippen LogP contribution >= 0.6 is 15.8 Å². The normalized spacial score (nSPS) is 15.1. The Morgan fingerprint density at radius 2 is 1.31 bits per heavy atom. The van der Waals surface area contributed by atoms with E-state index in [-0.39, 0.29) is 5.56 Å². The van der Waals surface area contributed by atoms with E-state index in [9.17, 15) is 30.0 Å². The summed E-state index contributed by atoms with van der Waals surface area (Å²) < 4.78 is 71.1. The van der Waals surface area contributed by atoms with Gasteiger partial charge in [0, 0.05) is 47.1 Å². The molecular formula is C13H22F6N6O2P2. The van der Waals surface area contributed by atoms with Crippen molar-refractivity contribution in [2.24, 2.45) is 0 Å². The molecule has 0 aliphatic rings. The Morgan fingerprint density at radius 3 is 1.72 bits per heavy atom. The van der Waals surface area contributed by atoms with Crippen LogP contribution < -0.4 is 10.2 Å². The van der Waals surface area contributed by atoms with Gasteiger partial charge in [0.15, 0.2) is 0 Å². The maximum absolute atomic E-state index is 12.6. The van der Waals surface area contributed by atoms with Gasteiger partial charge in [-0.3, -0.25) is 4.79 Å². The first-order valence-corrected chi connectivity index (χ1v) is 11.4. The SMILES string of the molecule is CN(C)[P+](On1nnc2ccccc2c1=O)(N(C)C)N(C)C.F[P-](F)(F)(F)(F)F. The number of nitrogens with zero attached hydrogens (tertiary/aromatic N) is 6. The molecule has 0 aliphatic heterocycles. The first kappa shape index (κ1) is 25.4. The van der Waals surface area contributed by atoms with Crippen molar-refractivity contribution in [1.82, 2.24) is 29.2 Å². The van der Waals surface area contributed by atoms with Crippen molar-refractivity contribution in [3.63, 3.8) is 0 Å². The molecule has 1 aromatic carbocycles. The van der Waals surface area contributed by atoms with E-state index in [1.807, 2.05) is 62.4 Å². The van der Waals surface area contributed by atoms with Crippen molar-refractivity contribution in [3.05, 3.63) is 34.6 Å². The topological polar surface area (TPSA) is 66.7 Å². The summed E-state index contributed by atoms with van der Waals surface area (Å²) in [7, 11) is -1.58. The van der Waals surface area contributed by atoms with Gasteiger partial charge in [0.05, 0.1) is 5.39 Å². The van der Waals surface area contributed by atoms with Crippen molar-refractivity contribution in [2.75, 3.05) is 42.3 Å². The Bertz CT molecular complexity index is 886. The first-order chi connectivity index (χ1) is 12.8. The van der Waals surface area contributed by atoms with Crippen molar-refractivity contribution in [3.8, 4) is 0 Å². The van der Waals surface area contributed by atoms with Crippen LogP contribution in [0, 0.1) is 0 Å². The van der Waals surface area contributed by atoms with Crippen LogP contribution in [0.5, 0.6) is 0 Å². The van der Waals surface area contributed by atoms with E-state index in [4.69, 9.17) is 4.62 Å². The second-order valence-corrected chi connectivity index (χ2v) is 11.9. The molecule has 0 atom stereocenters. The Balaban J connectivity index is 0.000000516. The minimum atomic E-state index is -10.7. The van der Waals surface area contributed by atoms with Crippen molar-refractivity contribution in [1.29, 1.82) is 0 Å². The van der Waals surface area contributed by atoms with Crippen LogP contribution in [-0.2, 0) is 0 Å². The summed E-state index contributed by atoms with van der Waals surface area (Å²) >= 11 is 0. The zero-order valence-electron chi connectivity index (χ0n) is 16.5. The average Bonchev–Trinajstić information content (AvgIpc) is 2.50. The monoisotopic (exact) mass is 470 g/mol. The standard InChI is InChI=1S/C13H22N6O2P.F6P/c1-16(2)22(17(3)4,18(5)6)21-19-13(20)11-9-7-8-10-12(11)14-15-19;1-7(2,3,4,5)6/h7-10H,1-6H3;/q+1;-1. The van der Waals surface area contributed by atoms with E-state index in [2.05, 4.69) is 10.3 Å². The molecule has 1 aromatic heterocycles. The van der Waals surface area contributed by atoms with Gasteiger partial charge >= 0.3 is 46.5 Å². The van der Waals surface area contributed by atoms with Crippen LogP contribution in [0.2, 0.25) is 0 Å². The fraction of sp³-hybridized carbons (Fsp3) is 0.462. The van der Waals surface area contributed by atoms with E-state index in [0.29, 0.717) is 10.9 Å². The van der Waals surface area contributed by atoms with Gasteiger partial charge in [0.25, 0.3) is 0 Å². The second-order valence-electron chi connectivity index (χ2n) is 6.38. The Morgan fingerprint density at radius 1 is 0.897 bits per heavy atom. The molecule has 16 heteroatoms. The van der Waals surface area contributed by atoms with Gasteiger partial charge in [-0.05, 0) is 17.3 Å². The fourth-order valence-electron chi connectivity index (χ4n) is 2.42. The molecule has 0 unspecified atom stereocenters. The summed E-state index contributed by atoms with van der Waals surface area (Å²) in [5.41, 5.74) is 0.233. The van der Waals surface area contributed by atoms with Gasteiger partial charge in [-0.1, -0.05) is 12.1 Å². The number of halogens is 6. The average molecular weight is 470 g/mol. The summed E-state index contributed by atoms with van der Waals surface area (Å²) in [6.45, 7) is 0. The third-order valence-electron chi connectivity index (χ3n) is 3.29. The van der Waals surface area contributed by atoms with Crippen LogP contribution in [-0.4, -0.2) is 71.5 Å². The van der Waals surface area contributed by atoms with Gasteiger partial charge in [-0.25, -0.2) is 0 Å². The number of aromatic nitrogens is 3. The van der Waals surface area contributed by atoms with Crippen LogP contribution in [0.3, 0.4) is 0 Å². The van der Waals surface area contributed by atoms with E-state index >= 15 is 0 Å². The molecule has 0 saturated carbocycles. The van der Waals surface area contributed by atoms with Gasteiger partial charge in [0.1, 0.15) is 5.52 Å². The van der Waals surface area contributed by atoms with E-state index in [1.54, 1.807) is 18.2 Å². The van der Waals surface area contributed by atoms with Crippen LogP contribution in [0.15, 0.2) is 29.1 Å². The molecule has 0 spiro atoms. The van der Waals surface area contributed by atoms with E-state index in [1.165, 1.54) is 0 Å². The van der Waals surface area contributed by atoms with Crippen molar-refractivity contribution >= 4 is 26.7 Å². The number of fused-ring (bicyclic) bond motifs is 1. The molecule has 0 fully saturated rings. The molecule has 2 aromatic rings. The molecule has 1 heterocycles. The predicted molar refractivity (Wildman–Crippen MR) is 102 cm³/mol. The molecular weight excluding hydrogens is 448 g/mol. The van der Waals surface area contributed by atoms with Gasteiger partial charge in [-0.2, -0.15) is 4.62 Å². The van der Waals surface area contributed by atoms with Gasteiger partial charge in [-0.15, -0.1) is 19.1 Å². The summed E-state index contributed by atoms with van der Waals surface area (Å²) in [6, 6.07) is 7.08. The predicted octanol–water partition coefficient (Wildman–Crippen LogP) is 3.96. The van der Waals surface area contributed by atoms with Crippen LogP contribution in [0.4, 0.5) is 25.2 Å². The van der Waals surface area contributed by atoms with Crippen LogP contribution in [0.1, 0.15) is 0 Å². The molecule has 0 radical (unpaired) electrons. The minimum absolute atomic E-state index is 0.319. The molecule has 168 valence electrons. The molecule has 29 heavy (non-hydrogen) atoms. The van der Waals surface area contributed by atoms with Crippen molar-refractivity contribution in [2.45, 2.75) is 0 Å². The van der Waals surface area contributed by atoms with Crippen molar-refractivity contribution < 1.29 is 29.8 Å². The molecule has 0 amide bonds. The molecule has 0 bridgehead atoms. The Labute approximate surface area is 163 Å². The fourth-order valence-corrected chi connectivity index (χ4v) is 5.32. The summed E-state index contributed by atoms with van der Waals surface area (Å²) in [5, 5.41) is 8.45. The second kappa shape index (κ2) is 7.59. The van der Waals surface area contributed by atoms with E-state index < -0.39 is 15.8 Å². The molecule has 0 aliphatic carbocycles. The third-order valence-corrected chi connectivity index (χ3v) is 6.79. The molecule has 2 rings (SSSR count). The molecule has 0 N–H and O–H groups in total. The summed E-state index contributed by atoms with van der Waals surface area (Å²) in [5.74, 6) is 0. The zero-order chi connectivity index (χ0) is 22.9. The third kappa shape index (κ3) is 7.63. The van der Waals surface area contributed by atoms with Gasteiger partial charge < -0.3 is 0 Å². The van der Waals surface area contributed by atoms with Gasteiger partial charge in [0.2, 0.25) is 0 Å². The first-order valence-electron chi connectivity index (χ1n) is 7.79. The zero-order valence-corrected chi connectivity index (χ0v) is 18.3. The summed E-state index contributed by atoms with van der Waals surface area (Å²) in [4.78, 5) is 13.6. The number of benzene rings is 1. The summed E-state index contributed by atoms with van der Waals surface area (Å²) in [6.07, 6.45) is 0.